The Morgan fingerprint density at radius 2 is 1.64 bits per heavy atom. The number of hydrogen-bond acceptors (Lipinski definition) is 8. The van der Waals surface area contributed by atoms with Crippen LogP contribution in [0.1, 0.15) is 27.2 Å². The zero-order valence-corrected chi connectivity index (χ0v) is 16.6. The lowest BCUT2D eigenvalue weighted by Gasteiger charge is -2.43. The summed E-state index contributed by atoms with van der Waals surface area (Å²) in [5.41, 5.74) is -4.80. The highest BCUT2D eigenvalue weighted by Gasteiger charge is 2.73. The van der Waals surface area contributed by atoms with Crippen molar-refractivity contribution in [2.45, 2.75) is 44.4 Å². The van der Waals surface area contributed by atoms with Gasteiger partial charge >= 0.3 is 17.9 Å². The number of nitrogens with zero attached hydrogens (tertiary/aromatic N) is 1. The summed E-state index contributed by atoms with van der Waals surface area (Å²) in [4.78, 5) is 52.1. The molecule has 9 nitrogen and oxygen atoms in total. The summed E-state index contributed by atoms with van der Waals surface area (Å²) in [6.07, 6.45) is 1.92. The summed E-state index contributed by atoms with van der Waals surface area (Å²) in [6.45, 7) is 10.7. The number of amides is 1. The molecule has 1 saturated heterocycles. The van der Waals surface area contributed by atoms with E-state index in [9.17, 15) is 24.3 Å². The van der Waals surface area contributed by atoms with Gasteiger partial charge in [0.15, 0.2) is 0 Å². The number of carbonyl (C=O) groups excluding carboxylic acids is 4. The fourth-order valence-electron chi connectivity index (χ4n) is 3.31. The maximum atomic E-state index is 13.0. The molecule has 1 amide bonds. The summed E-state index contributed by atoms with van der Waals surface area (Å²) >= 11 is 0. The lowest BCUT2D eigenvalue weighted by atomic mass is 9.80. The topological polar surface area (TPSA) is 119 Å². The highest BCUT2D eigenvalue weighted by molar-refractivity contribution is 6.13. The monoisotopic (exact) mass is 397 g/mol. The molecule has 0 aromatic carbocycles. The molecule has 2 atom stereocenters. The van der Waals surface area contributed by atoms with Crippen LogP contribution in [0.15, 0.2) is 25.3 Å². The maximum Gasteiger partial charge on any atom is 0.347 e. The minimum atomic E-state index is -2.60. The Balaban J connectivity index is 3.74. The van der Waals surface area contributed by atoms with Crippen LogP contribution in [0, 0.1) is 5.92 Å². The van der Waals surface area contributed by atoms with E-state index in [0.717, 1.165) is 18.9 Å². The van der Waals surface area contributed by atoms with Crippen molar-refractivity contribution in [1.82, 2.24) is 4.90 Å². The first kappa shape index (κ1) is 23.4. The standard InChI is InChI=1S/C19H27NO8/c1-7-9-27-16(23)19(17(24)28-10-8-2)18(5,25)11-13(21)20(19)14(12(3)4)15(22)26-6/h7-8,12,14,25H,1-2,9-11H2,3-6H3. The van der Waals surface area contributed by atoms with Crippen molar-refractivity contribution in [3.8, 4) is 0 Å². The highest BCUT2D eigenvalue weighted by atomic mass is 16.6. The molecule has 1 fully saturated rings. The second-order valence-corrected chi connectivity index (χ2v) is 6.91. The average molecular weight is 397 g/mol. The van der Waals surface area contributed by atoms with Gasteiger partial charge in [0.2, 0.25) is 5.91 Å². The Labute approximate surface area is 163 Å². The Bertz CT molecular complexity index is 643. The quantitative estimate of drug-likeness (QED) is 0.256. The van der Waals surface area contributed by atoms with Gasteiger partial charge in [-0.15, -0.1) is 0 Å². The number of rotatable bonds is 9. The van der Waals surface area contributed by atoms with Gasteiger partial charge in [0.1, 0.15) is 24.9 Å². The second-order valence-electron chi connectivity index (χ2n) is 6.91. The van der Waals surface area contributed by atoms with Gasteiger partial charge in [0, 0.05) is 0 Å². The Morgan fingerprint density at radius 1 is 1.18 bits per heavy atom. The Hall–Kier alpha value is -2.68. The molecular weight excluding hydrogens is 370 g/mol. The number of ether oxygens (including phenoxy) is 3. The van der Waals surface area contributed by atoms with E-state index in [-0.39, 0.29) is 13.2 Å². The first-order valence-corrected chi connectivity index (χ1v) is 8.71. The molecule has 0 aliphatic carbocycles. The first-order chi connectivity index (χ1) is 13.0. The average Bonchev–Trinajstić information content (AvgIpc) is 2.83. The summed E-state index contributed by atoms with van der Waals surface area (Å²) < 4.78 is 14.9. The van der Waals surface area contributed by atoms with Crippen LogP contribution in [-0.4, -0.2) is 71.3 Å². The molecule has 0 aromatic heterocycles. The molecule has 1 aliphatic rings. The largest absolute Gasteiger partial charge is 0.467 e. The fraction of sp³-hybridized carbons (Fsp3) is 0.579. The van der Waals surface area contributed by atoms with Gasteiger partial charge in [0.25, 0.3) is 5.54 Å². The van der Waals surface area contributed by atoms with E-state index < -0.39 is 53.3 Å². The van der Waals surface area contributed by atoms with Crippen LogP contribution in [-0.2, 0) is 33.4 Å². The maximum absolute atomic E-state index is 13.0. The van der Waals surface area contributed by atoms with Crippen molar-refractivity contribution in [3.05, 3.63) is 25.3 Å². The second kappa shape index (κ2) is 9.01. The molecule has 1 heterocycles. The predicted molar refractivity (Wildman–Crippen MR) is 97.8 cm³/mol. The molecule has 2 unspecified atom stereocenters. The molecule has 0 radical (unpaired) electrons. The molecule has 0 aromatic rings. The molecular formula is C19H27NO8. The van der Waals surface area contributed by atoms with Crippen LogP contribution in [0.5, 0.6) is 0 Å². The zero-order valence-electron chi connectivity index (χ0n) is 16.6. The molecule has 0 saturated carbocycles. The fourth-order valence-corrected chi connectivity index (χ4v) is 3.31. The van der Waals surface area contributed by atoms with E-state index in [4.69, 9.17) is 14.2 Å². The lowest BCUT2D eigenvalue weighted by Crippen LogP contribution is -2.71. The molecule has 1 N–H and O–H groups in total. The number of likely N-dealkylation sites (tertiary alicyclic amines) is 1. The number of carbonyl (C=O) groups is 4. The van der Waals surface area contributed by atoms with Crippen LogP contribution in [0.25, 0.3) is 0 Å². The Morgan fingerprint density at radius 3 is 2.00 bits per heavy atom. The van der Waals surface area contributed by atoms with Crippen molar-refractivity contribution < 1.29 is 38.5 Å². The van der Waals surface area contributed by atoms with E-state index in [2.05, 4.69) is 13.2 Å². The van der Waals surface area contributed by atoms with E-state index in [1.807, 2.05) is 0 Å². The number of methoxy groups -OCH3 is 1. The predicted octanol–water partition coefficient (Wildman–Crippen LogP) is 0.365. The van der Waals surface area contributed by atoms with Crippen LogP contribution in [0.3, 0.4) is 0 Å². The molecule has 156 valence electrons. The van der Waals surface area contributed by atoms with Crippen molar-refractivity contribution >= 4 is 23.8 Å². The van der Waals surface area contributed by atoms with Gasteiger partial charge in [-0.2, -0.15) is 0 Å². The van der Waals surface area contributed by atoms with Crippen LogP contribution < -0.4 is 0 Å². The van der Waals surface area contributed by atoms with Gasteiger partial charge in [-0.3, -0.25) is 4.79 Å². The normalized spacial score (nSPS) is 21.8. The summed E-state index contributed by atoms with van der Waals surface area (Å²) in [5, 5.41) is 11.0. The summed E-state index contributed by atoms with van der Waals surface area (Å²) in [5.74, 6) is -4.65. The highest BCUT2D eigenvalue weighted by Crippen LogP contribution is 2.44. The van der Waals surface area contributed by atoms with Crippen molar-refractivity contribution in [2.75, 3.05) is 20.3 Å². The Kier molecular flexibility index (Phi) is 7.51. The SMILES string of the molecule is C=CCOC(=O)C1(C(=O)OCC=C)N(C(C(=O)OC)C(C)C)C(=O)CC1(C)O. The van der Waals surface area contributed by atoms with Crippen molar-refractivity contribution in [3.63, 3.8) is 0 Å². The summed E-state index contributed by atoms with van der Waals surface area (Å²) in [7, 11) is 1.12. The van der Waals surface area contributed by atoms with Crippen molar-refractivity contribution in [1.29, 1.82) is 0 Å². The third-order valence-electron chi connectivity index (χ3n) is 4.51. The molecule has 1 rings (SSSR count). The molecule has 0 spiro atoms. The van der Waals surface area contributed by atoms with Gasteiger partial charge in [-0.1, -0.05) is 39.2 Å². The smallest absolute Gasteiger partial charge is 0.347 e. The van der Waals surface area contributed by atoms with Crippen molar-refractivity contribution in [2.24, 2.45) is 5.92 Å². The van der Waals surface area contributed by atoms with Crippen LogP contribution in [0.4, 0.5) is 0 Å². The van der Waals surface area contributed by atoms with E-state index >= 15 is 0 Å². The summed E-state index contributed by atoms with van der Waals surface area (Å²) in [6, 6.07) is -1.33. The molecule has 28 heavy (non-hydrogen) atoms. The number of hydrogen-bond donors (Lipinski definition) is 1. The third-order valence-corrected chi connectivity index (χ3v) is 4.51. The molecule has 9 heteroatoms. The van der Waals surface area contributed by atoms with Gasteiger partial charge in [-0.05, 0) is 12.8 Å². The van der Waals surface area contributed by atoms with Gasteiger partial charge in [0.05, 0.1) is 13.5 Å². The van der Waals surface area contributed by atoms with Crippen LogP contribution >= 0.6 is 0 Å². The first-order valence-electron chi connectivity index (χ1n) is 8.71. The number of esters is 3. The van der Waals surface area contributed by atoms with E-state index in [1.165, 1.54) is 12.2 Å². The number of aliphatic hydroxyl groups is 1. The molecule has 0 bridgehead atoms. The van der Waals surface area contributed by atoms with E-state index in [0.29, 0.717) is 0 Å². The van der Waals surface area contributed by atoms with Gasteiger partial charge < -0.3 is 24.2 Å². The van der Waals surface area contributed by atoms with Crippen LogP contribution in [0.2, 0.25) is 0 Å². The molecule has 1 aliphatic heterocycles. The van der Waals surface area contributed by atoms with E-state index in [1.54, 1.807) is 13.8 Å². The minimum absolute atomic E-state index is 0.280. The lowest BCUT2D eigenvalue weighted by molar-refractivity contribution is -0.193. The van der Waals surface area contributed by atoms with Gasteiger partial charge in [-0.25, -0.2) is 14.4 Å². The zero-order chi connectivity index (χ0) is 21.7. The minimum Gasteiger partial charge on any atom is -0.467 e. The third kappa shape index (κ3) is 3.80.